The first-order chi connectivity index (χ1) is 14.6. The third kappa shape index (κ3) is 4.51. The van der Waals surface area contributed by atoms with Gasteiger partial charge in [0.15, 0.2) is 5.16 Å². The van der Waals surface area contributed by atoms with Gasteiger partial charge in [0.25, 0.3) is 5.91 Å². The van der Waals surface area contributed by atoms with Crippen LogP contribution in [0.2, 0.25) is 0 Å². The summed E-state index contributed by atoms with van der Waals surface area (Å²) in [5.41, 5.74) is 3.29. The van der Waals surface area contributed by atoms with E-state index in [1.807, 2.05) is 36.4 Å². The number of rotatable bonds is 8. The van der Waals surface area contributed by atoms with Crippen LogP contribution in [0.3, 0.4) is 0 Å². The average molecular weight is 427 g/mol. The SMILES string of the molecule is O=C(NCCc1nccn1C(F)F)c1ccccc1CSc1nc2ccccc2[nH]1. The van der Waals surface area contributed by atoms with Crippen LogP contribution in [-0.2, 0) is 12.2 Å². The summed E-state index contributed by atoms with van der Waals surface area (Å²) >= 11 is 1.51. The minimum atomic E-state index is -2.64. The lowest BCUT2D eigenvalue weighted by molar-refractivity contribution is 0.0670. The molecule has 0 saturated carbocycles. The number of halogens is 2. The highest BCUT2D eigenvalue weighted by Crippen LogP contribution is 2.24. The van der Waals surface area contributed by atoms with Crippen molar-refractivity contribution in [2.24, 2.45) is 0 Å². The summed E-state index contributed by atoms with van der Waals surface area (Å²) in [5, 5.41) is 3.58. The highest BCUT2D eigenvalue weighted by atomic mass is 32.2. The van der Waals surface area contributed by atoms with Crippen LogP contribution in [0.25, 0.3) is 11.0 Å². The van der Waals surface area contributed by atoms with E-state index in [-0.39, 0.29) is 24.7 Å². The molecule has 2 heterocycles. The van der Waals surface area contributed by atoms with E-state index in [0.717, 1.165) is 26.3 Å². The molecule has 154 valence electrons. The van der Waals surface area contributed by atoms with Crippen LogP contribution in [-0.4, -0.2) is 32.0 Å². The highest BCUT2D eigenvalue weighted by Gasteiger charge is 2.14. The number of nitrogens with zero attached hydrogens (tertiary/aromatic N) is 3. The fourth-order valence-electron chi connectivity index (χ4n) is 3.11. The maximum Gasteiger partial charge on any atom is 0.319 e. The monoisotopic (exact) mass is 427 g/mol. The number of alkyl halides is 2. The molecule has 0 aliphatic carbocycles. The summed E-state index contributed by atoms with van der Waals surface area (Å²) in [6.07, 6.45) is 2.78. The number of imidazole rings is 2. The average Bonchev–Trinajstić information content (AvgIpc) is 3.39. The second-order valence-corrected chi connectivity index (χ2v) is 7.50. The van der Waals surface area contributed by atoms with Crippen molar-refractivity contribution in [2.45, 2.75) is 23.9 Å². The summed E-state index contributed by atoms with van der Waals surface area (Å²) in [7, 11) is 0. The van der Waals surface area contributed by atoms with E-state index >= 15 is 0 Å². The van der Waals surface area contributed by atoms with Crippen molar-refractivity contribution in [3.63, 3.8) is 0 Å². The lowest BCUT2D eigenvalue weighted by atomic mass is 10.1. The maximum atomic E-state index is 12.9. The van der Waals surface area contributed by atoms with Gasteiger partial charge in [-0.1, -0.05) is 42.1 Å². The molecule has 0 saturated heterocycles. The van der Waals surface area contributed by atoms with Crippen molar-refractivity contribution in [3.8, 4) is 0 Å². The van der Waals surface area contributed by atoms with E-state index in [9.17, 15) is 13.6 Å². The van der Waals surface area contributed by atoms with Gasteiger partial charge in [-0.05, 0) is 23.8 Å². The molecule has 0 radical (unpaired) electrons. The maximum absolute atomic E-state index is 12.9. The molecule has 0 atom stereocenters. The minimum absolute atomic E-state index is 0.216. The number of H-pyrrole nitrogens is 1. The zero-order valence-electron chi connectivity index (χ0n) is 15.9. The summed E-state index contributed by atoms with van der Waals surface area (Å²) in [6.45, 7) is -2.43. The molecule has 9 heteroatoms. The normalized spacial score (nSPS) is 11.3. The van der Waals surface area contributed by atoms with E-state index in [2.05, 4.69) is 20.3 Å². The van der Waals surface area contributed by atoms with Crippen LogP contribution in [0, 0.1) is 0 Å². The summed E-state index contributed by atoms with van der Waals surface area (Å²) in [5.74, 6) is 0.559. The second kappa shape index (κ2) is 9.08. The number of amides is 1. The molecule has 0 spiro atoms. The molecule has 6 nitrogen and oxygen atoms in total. The van der Waals surface area contributed by atoms with Crippen LogP contribution < -0.4 is 5.32 Å². The number of carbonyl (C=O) groups excluding carboxylic acids is 1. The molecule has 0 bridgehead atoms. The van der Waals surface area contributed by atoms with Crippen molar-refractivity contribution in [1.82, 2.24) is 24.8 Å². The van der Waals surface area contributed by atoms with Crippen LogP contribution >= 0.6 is 11.8 Å². The van der Waals surface area contributed by atoms with Crippen LogP contribution in [0.5, 0.6) is 0 Å². The zero-order chi connectivity index (χ0) is 20.9. The van der Waals surface area contributed by atoms with Crippen LogP contribution in [0.15, 0.2) is 66.1 Å². The number of para-hydroxylation sites is 2. The third-order valence-electron chi connectivity index (χ3n) is 4.59. The van der Waals surface area contributed by atoms with E-state index in [1.165, 1.54) is 24.2 Å². The fourth-order valence-corrected chi connectivity index (χ4v) is 4.00. The van der Waals surface area contributed by atoms with E-state index in [1.54, 1.807) is 12.1 Å². The van der Waals surface area contributed by atoms with Crippen molar-refractivity contribution in [2.75, 3.05) is 6.54 Å². The van der Waals surface area contributed by atoms with Gasteiger partial charge in [0.05, 0.1) is 11.0 Å². The molecule has 2 N–H and O–H groups in total. The van der Waals surface area contributed by atoms with Crippen molar-refractivity contribution >= 4 is 28.7 Å². The fraction of sp³-hybridized carbons (Fsp3) is 0.190. The Morgan fingerprint density at radius 1 is 1.17 bits per heavy atom. The summed E-state index contributed by atoms with van der Waals surface area (Å²) in [4.78, 5) is 24.4. The predicted octanol–water partition coefficient (Wildman–Crippen LogP) is 4.42. The van der Waals surface area contributed by atoms with Gasteiger partial charge < -0.3 is 10.3 Å². The van der Waals surface area contributed by atoms with Crippen LogP contribution in [0.4, 0.5) is 8.78 Å². The van der Waals surface area contributed by atoms with Crippen molar-refractivity contribution < 1.29 is 13.6 Å². The first-order valence-electron chi connectivity index (χ1n) is 9.35. The van der Waals surface area contributed by atoms with Gasteiger partial charge in [-0.3, -0.25) is 9.36 Å². The molecule has 2 aromatic carbocycles. The molecule has 2 aromatic heterocycles. The predicted molar refractivity (Wildman–Crippen MR) is 112 cm³/mol. The first kappa shape index (κ1) is 20.1. The van der Waals surface area contributed by atoms with Gasteiger partial charge in [-0.25, -0.2) is 9.97 Å². The number of hydrogen-bond donors (Lipinski definition) is 2. The molecular formula is C21H19F2N5OS. The zero-order valence-corrected chi connectivity index (χ0v) is 16.7. The van der Waals surface area contributed by atoms with E-state index in [0.29, 0.717) is 11.3 Å². The molecule has 0 unspecified atom stereocenters. The van der Waals surface area contributed by atoms with Gasteiger partial charge in [-0.15, -0.1) is 0 Å². The van der Waals surface area contributed by atoms with Gasteiger partial charge in [0.1, 0.15) is 5.82 Å². The standard InChI is InChI=1S/C21H19F2N5OS/c22-20(23)28-12-11-24-18(28)9-10-25-19(29)15-6-2-1-5-14(15)13-30-21-26-16-7-3-4-8-17(16)27-21/h1-8,11-12,20H,9-10,13H2,(H,25,29)(H,26,27). The number of aromatic amines is 1. The Balaban J connectivity index is 1.38. The number of carbonyl (C=O) groups is 1. The molecule has 0 aliphatic rings. The molecule has 4 rings (SSSR count). The van der Waals surface area contributed by atoms with Gasteiger partial charge >= 0.3 is 6.55 Å². The molecule has 4 aromatic rings. The Kier molecular flexibility index (Phi) is 6.08. The Hall–Kier alpha value is -3.20. The molecule has 0 fully saturated rings. The van der Waals surface area contributed by atoms with E-state index < -0.39 is 6.55 Å². The second-order valence-electron chi connectivity index (χ2n) is 6.54. The highest BCUT2D eigenvalue weighted by molar-refractivity contribution is 7.98. The Bertz CT molecular complexity index is 1120. The summed E-state index contributed by atoms with van der Waals surface area (Å²) < 4.78 is 26.6. The lowest BCUT2D eigenvalue weighted by Gasteiger charge is -2.10. The van der Waals surface area contributed by atoms with Gasteiger partial charge in [0, 0.05) is 36.7 Å². The Morgan fingerprint density at radius 3 is 2.80 bits per heavy atom. The molecular weight excluding hydrogens is 408 g/mol. The van der Waals surface area contributed by atoms with Gasteiger partial charge in [-0.2, -0.15) is 8.78 Å². The molecule has 30 heavy (non-hydrogen) atoms. The van der Waals surface area contributed by atoms with E-state index in [4.69, 9.17) is 0 Å². The lowest BCUT2D eigenvalue weighted by Crippen LogP contribution is -2.27. The number of aromatic nitrogens is 4. The Labute approximate surface area is 175 Å². The number of fused-ring (bicyclic) bond motifs is 1. The quantitative estimate of drug-likeness (QED) is 0.408. The topological polar surface area (TPSA) is 75.6 Å². The minimum Gasteiger partial charge on any atom is -0.352 e. The largest absolute Gasteiger partial charge is 0.352 e. The molecule has 1 amide bonds. The third-order valence-corrected chi connectivity index (χ3v) is 5.51. The Morgan fingerprint density at radius 2 is 1.97 bits per heavy atom. The van der Waals surface area contributed by atoms with Gasteiger partial charge in [0.2, 0.25) is 0 Å². The number of thioether (sulfide) groups is 1. The number of hydrogen-bond acceptors (Lipinski definition) is 4. The smallest absolute Gasteiger partial charge is 0.319 e. The van der Waals surface area contributed by atoms with Crippen molar-refractivity contribution in [1.29, 1.82) is 0 Å². The molecule has 0 aliphatic heterocycles. The first-order valence-corrected chi connectivity index (χ1v) is 10.3. The van der Waals surface area contributed by atoms with Crippen LogP contribution in [0.1, 0.15) is 28.3 Å². The van der Waals surface area contributed by atoms with Crippen molar-refractivity contribution in [3.05, 3.63) is 77.9 Å². The number of nitrogens with one attached hydrogen (secondary N) is 2. The number of benzene rings is 2. The summed E-state index contributed by atoms with van der Waals surface area (Å²) in [6, 6.07) is 15.1.